The van der Waals surface area contributed by atoms with Crippen molar-refractivity contribution in [3.05, 3.63) is 18.0 Å². The van der Waals surface area contributed by atoms with Crippen LogP contribution in [-0.2, 0) is 4.79 Å². The van der Waals surface area contributed by atoms with E-state index in [1.54, 1.807) is 5.32 Å². The van der Waals surface area contributed by atoms with Crippen LogP contribution in [0.2, 0.25) is 0 Å². The number of amides is 1. The van der Waals surface area contributed by atoms with Crippen LogP contribution in [0.15, 0.2) is 12.3 Å². The van der Waals surface area contributed by atoms with Gasteiger partial charge in [-0.1, -0.05) is 0 Å². The first-order chi connectivity index (χ1) is 7.88. The first-order valence-electron chi connectivity index (χ1n) is 4.57. The highest BCUT2D eigenvalue weighted by molar-refractivity contribution is 5.96. The molecular weight excluding hydrogens is 237 g/mol. The van der Waals surface area contributed by atoms with Crippen molar-refractivity contribution >= 4 is 22.6 Å². The Hall–Kier alpha value is -2.12. The highest BCUT2D eigenvalue weighted by Crippen LogP contribution is 2.22. The van der Waals surface area contributed by atoms with Crippen molar-refractivity contribution in [1.82, 2.24) is 15.2 Å². The number of H-pyrrole nitrogens is 1. The molecule has 2 rings (SSSR count). The zero-order valence-electron chi connectivity index (χ0n) is 8.59. The Morgan fingerprint density at radius 3 is 2.82 bits per heavy atom. The maximum absolute atomic E-state index is 12.1. The van der Waals surface area contributed by atoms with Crippen molar-refractivity contribution in [3.8, 4) is 0 Å². The molecule has 0 radical (unpaired) electrons. The van der Waals surface area contributed by atoms with E-state index in [2.05, 4.69) is 15.2 Å². The number of fused-ring (bicyclic) bond motifs is 1. The third kappa shape index (κ3) is 2.19. The van der Waals surface area contributed by atoms with Gasteiger partial charge >= 0.3 is 12.1 Å². The fourth-order valence-corrected chi connectivity index (χ4v) is 1.29. The van der Waals surface area contributed by atoms with E-state index in [9.17, 15) is 18.0 Å². The number of carbonyl (C=O) groups excluding carboxylic acids is 1. The van der Waals surface area contributed by atoms with Crippen LogP contribution in [-0.4, -0.2) is 27.3 Å². The highest BCUT2D eigenvalue weighted by Gasteiger charge is 2.38. The molecule has 0 unspecified atom stereocenters. The van der Waals surface area contributed by atoms with Crippen LogP contribution in [0.5, 0.6) is 0 Å². The smallest absolute Gasteiger partial charge is 0.317 e. The van der Waals surface area contributed by atoms with Crippen molar-refractivity contribution < 1.29 is 18.0 Å². The number of pyridine rings is 1. The molecule has 0 aliphatic heterocycles. The molecule has 2 aromatic heterocycles. The third-order valence-electron chi connectivity index (χ3n) is 2.12. The number of rotatable bonds is 1. The molecule has 2 N–H and O–H groups in total. The summed E-state index contributed by atoms with van der Waals surface area (Å²) in [6.45, 7) is 1.49. The van der Waals surface area contributed by atoms with Gasteiger partial charge in [0.25, 0.3) is 0 Å². The first kappa shape index (κ1) is 11.4. The number of alkyl halides is 3. The number of hydrogen-bond donors (Lipinski definition) is 2. The standard InChI is InChI=1S/C9H7F3N4O/c1-4-6(15-8(17)9(10,11)12)2-5-3-13-16-7(5)14-4/h2-3H,1H3,(H,15,17)(H,13,14,16). The number of aryl methyl sites for hydroxylation is 1. The number of aromatic nitrogens is 3. The van der Waals surface area contributed by atoms with Crippen LogP contribution in [0.1, 0.15) is 5.69 Å². The van der Waals surface area contributed by atoms with Gasteiger partial charge in [-0.3, -0.25) is 9.89 Å². The summed E-state index contributed by atoms with van der Waals surface area (Å²) >= 11 is 0. The largest absolute Gasteiger partial charge is 0.471 e. The lowest BCUT2D eigenvalue weighted by Crippen LogP contribution is -2.30. The van der Waals surface area contributed by atoms with Crippen LogP contribution < -0.4 is 5.32 Å². The lowest BCUT2D eigenvalue weighted by molar-refractivity contribution is -0.167. The van der Waals surface area contributed by atoms with Gasteiger partial charge in [-0.15, -0.1) is 0 Å². The molecule has 0 saturated carbocycles. The summed E-state index contributed by atoms with van der Waals surface area (Å²) in [7, 11) is 0. The Morgan fingerprint density at radius 1 is 1.47 bits per heavy atom. The van der Waals surface area contributed by atoms with Gasteiger partial charge in [0, 0.05) is 5.39 Å². The van der Waals surface area contributed by atoms with Gasteiger partial charge in [0.15, 0.2) is 5.65 Å². The second-order valence-corrected chi connectivity index (χ2v) is 3.38. The van der Waals surface area contributed by atoms with Crippen LogP contribution in [0, 0.1) is 6.92 Å². The Labute approximate surface area is 93.0 Å². The van der Waals surface area contributed by atoms with Crippen molar-refractivity contribution in [1.29, 1.82) is 0 Å². The molecule has 5 nitrogen and oxygen atoms in total. The molecule has 2 aromatic rings. The minimum absolute atomic E-state index is 0.0150. The lowest BCUT2D eigenvalue weighted by atomic mass is 10.2. The molecule has 2 heterocycles. The summed E-state index contributed by atoms with van der Waals surface area (Å²) in [6, 6.07) is 1.38. The SMILES string of the molecule is Cc1nc2[nH]ncc2cc1NC(=O)C(F)(F)F. The number of nitrogens with zero attached hydrogens (tertiary/aromatic N) is 2. The van der Waals surface area contributed by atoms with Gasteiger partial charge in [-0.25, -0.2) is 4.98 Å². The van der Waals surface area contributed by atoms with Crippen molar-refractivity contribution in [2.45, 2.75) is 13.1 Å². The molecule has 0 saturated heterocycles. The molecule has 0 fully saturated rings. The minimum atomic E-state index is -4.92. The predicted molar refractivity (Wildman–Crippen MR) is 53.3 cm³/mol. The van der Waals surface area contributed by atoms with Crippen LogP contribution >= 0.6 is 0 Å². The summed E-state index contributed by atoms with van der Waals surface area (Å²) in [6.07, 6.45) is -3.51. The van der Waals surface area contributed by atoms with Crippen LogP contribution in [0.25, 0.3) is 11.0 Å². The second-order valence-electron chi connectivity index (χ2n) is 3.38. The number of hydrogen-bond acceptors (Lipinski definition) is 3. The lowest BCUT2D eigenvalue weighted by Gasteiger charge is -2.09. The zero-order chi connectivity index (χ0) is 12.6. The molecule has 0 atom stereocenters. The van der Waals surface area contributed by atoms with Crippen molar-refractivity contribution in [2.24, 2.45) is 0 Å². The predicted octanol–water partition coefficient (Wildman–Crippen LogP) is 1.77. The summed E-state index contributed by atoms with van der Waals surface area (Å²) < 4.78 is 36.2. The summed E-state index contributed by atoms with van der Waals surface area (Å²) in [5, 5.41) is 8.55. The third-order valence-corrected chi connectivity index (χ3v) is 2.12. The maximum Gasteiger partial charge on any atom is 0.471 e. The maximum atomic E-state index is 12.1. The monoisotopic (exact) mass is 244 g/mol. The fourth-order valence-electron chi connectivity index (χ4n) is 1.29. The summed E-state index contributed by atoms with van der Waals surface area (Å²) in [5.41, 5.74) is 0.744. The Balaban J connectivity index is 2.35. The van der Waals surface area contributed by atoms with Gasteiger partial charge in [0.2, 0.25) is 0 Å². The Kier molecular flexibility index (Phi) is 2.49. The molecule has 90 valence electrons. The quantitative estimate of drug-likeness (QED) is 0.803. The van der Waals surface area contributed by atoms with Gasteiger partial charge in [0.05, 0.1) is 17.6 Å². The van der Waals surface area contributed by atoms with E-state index in [0.717, 1.165) is 0 Å². The first-order valence-corrected chi connectivity index (χ1v) is 4.57. The number of carbonyl (C=O) groups is 1. The molecule has 0 spiro atoms. The summed E-state index contributed by atoms with van der Waals surface area (Å²) in [4.78, 5) is 14.7. The van der Waals surface area contributed by atoms with E-state index in [-0.39, 0.29) is 11.4 Å². The van der Waals surface area contributed by atoms with Gasteiger partial charge < -0.3 is 5.32 Å². The van der Waals surface area contributed by atoms with E-state index in [1.165, 1.54) is 19.2 Å². The Morgan fingerprint density at radius 2 is 2.18 bits per heavy atom. The van der Waals surface area contributed by atoms with Gasteiger partial charge in [-0.2, -0.15) is 18.3 Å². The topological polar surface area (TPSA) is 70.7 Å². The molecule has 0 bridgehead atoms. The van der Waals surface area contributed by atoms with E-state index in [1.807, 2.05) is 0 Å². The van der Waals surface area contributed by atoms with Gasteiger partial charge in [0.1, 0.15) is 0 Å². The van der Waals surface area contributed by atoms with Crippen LogP contribution in [0.3, 0.4) is 0 Å². The molecule has 0 aliphatic carbocycles. The van der Waals surface area contributed by atoms with Gasteiger partial charge in [-0.05, 0) is 13.0 Å². The number of nitrogens with one attached hydrogen (secondary N) is 2. The molecular formula is C9H7F3N4O. The van der Waals surface area contributed by atoms with Crippen molar-refractivity contribution in [3.63, 3.8) is 0 Å². The number of anilines is 1. The van der Waals surface area contributed by atoms with E-state index < -0.39 is 12.1 Å². The second kappa shape index (κ2) is 3.72. The fraction of sp³-hybridized carbons (Fsp3) is 0.222. The van der Waals surface area contributed by atoms with E-state index in [0.29, 0.717) is 11.0 Å². The highest BCUT2D eigenvalue weighted by atomic mass is 19.4. The average molecular weight is 244 g/mol. The number of halogens is 3. The molecule has 8 heteroatoms. The zero-order valence-corrected chi connectivity index (χ0v) is 8.59. The van der Waals surface area contributed by atoms with Crippen molar-refractivity contribution in [2.75, 3.05) is 5.32 Å². The molecule has 0 aliphatic rings. The van der Waals surface area contributed by atoms with E-state index >= 15 is 0 Å². The van der Waals surface area contributed by atoms with Crippen LogP contribution in [0.4, 0.5) is 18.9 Å². The average Bonchev–Trinajstić information content (AvgIpc) is 2.63. The normalized spacial score (nSPS) is 11.8. The minimum Gasteiger partial charge on any atom is -0.317 e. The molecule has 1 amide bonds. The Bertz CT molecular complexity index is 575. The molecule has 17 heavy (non-hydrogen) atoms. The summed E-state index contributed by atoms with van der Waals surface area (Å²) in [5.74, 6) is -2.02. The number of aromatic amines is 1. The molecule has 0 aromatic carbocycles. The van der Waals surface area contributed by atoms with E-state index in [4.69, 9.17) is 0 Å².